The number of hydrogen-bond donors (Lipinski definition) is 0. The van der Waals surface area contributed by atoms with Gasteiger partial charge in [0.1, 0.15) is 5.75 Å². The third-order valence-corrected chi connectivity index (χ3v) is 4.31. The lowest BCUT2D eigenvalue weighted by Gasteiger charge is -2.34. The minimum atomic E-state index is 0.842. The van der Waals surface area contributed by atoms with Crippen molar-refractivity contribution in [3.63, 3.8) is 0 Å². The van der Waals surface area contributed by atoms with E-state index in [1.165, 1.54) is 43.4 Å². The predicted molar refractivity (Wildman–Crippen MR) is 69.4 cm³/mol. The first-order chi connectivity index (χ1) is 8.38. The predicted octanol–water partition coefficient (Wildman–Crippen LogP) is 3.00. The molecule has 2 nitrogen and oxygen atoms in total. The van der Waals surface area contributed by atoms with Crippen molar-refractivity contribution in [3.05, 3.63) is 29.3 Å². The van der Waals surface area contributed by atoms with Crippen LogP contribution in [-0.4, -0.2) is 24.6 Å². The Morgan fingerprint density at radius 2 is 2.06 bits per heavy atom. The third kappa shape index (κ3) is 2.06. The summed E-state index contributed by atoms with van der Waals surface area (Å²) in [5.74, 6) is 1.08. The van der Waals surface area contributed by atoms with Crippen LogP contribution in [0.5, 0.6) is 5.75 Å². The van der Waals surface area contributed by atoms with Gasteiger partial charge in [-0.1, -0.05) is 25.0 Å². The zero-order chi connectivity index (χ0) is 11.7. The van der Waals surface area contributed by atoms with Gasteiger partial charge in [0.25, 0.3) is 0 Å². The maximum absolute atomic E-state index is 5.45. The number of ether oxygens (including phenoxy) is 1. The summed E-state index contributed by atoms with van der Waals surface area (Å²) in [5.41, 5.74) is 2.91. The van der Waals surface area contributed by atoms with E-state index in [4.69, 9.17) is 4.74 Å². The first-order valence-electron chi connectivity index (χ1n) is 6.77. The van der Waals surface area contributed by atoms with Crippen LogP contribution in [0, 0.1) is 0 Å². The molecule has 1 aliphatic carbocycles. The molecular weight excluding hydrogens is 210 g/mol. The highest BCUT2D eigenvalue weighted by molar-refractivity contribution is 5.41. The maximum Gasteiger partial charge on any atom is 0.122 e. The summed E-state index contributed by atoms with van der Waals surface area (Å²) >= 11 is 0. The fourth-order valence-electron chi connectivity index (χ4n) is 3.37. The summed E-state index contributed by atoms with van der Waals surface area (Å²) in [6.07, 6.45) is 6.80. The first-order valence-corrected chi connectivity index (χ1v) is 6.77. The van der Waals surface area contributed by atoms with Crippen molar-refractivity contribution < 1.29 is 4.74 Å². The van der Waals surface area contributed by atoms with Gasteiger partial charge >= 0.3 is 0 Å². The molecule has 1 saturated carbocycles. The van der Waals surface area contributed by atoms with E-state index >= 15 is 0 Å². The molecule has 1 aromatic carbocycles. The molecule has 1 fully saturated rings. The molecule has 3 rings (SSSR count). The van der Waals surface area contributed by atoms with Crippen LogP contribution in [0.4, 0.5) is 0 Å². The van der Waals surface area contributed by atoms with Gasteiger partial charge in [-0.25, -0.2) is 0 Å². The Morgan fingerprint density at radius 1 is 1.24 bits per heavy atom. The second-order valence-electron chi connectivity index (χ2n) is 5.26. The van der Waals surface area contributed by atoms with Crippen LogP contribution in [0.1, 0.15) is 36.8 Å². The second kappa shape index (κ2) is 4.69. The summed E-state index contributed by atoms with van der Waals surface area (Å²) in [4.78, 5) is 2.68. The molecule has 0 amide bonds. The number of nitrogens with zero attached hydrogens (tertiary/aromatic N) is 1. The largest absolute Gasteiger partial charge is 0.496 e. The van der Waals surface area contributed by atoms with E-state index in [-0.39, 0.29) is 0 Å². The molecule has 0 saturated heterocycles. The van der Waals surface area contributed by atoms with Gasteiger partial charge in [0.15, 0.2) is 0 Å². The Hall–Kier alpha value is -1.02. The SMILES string of the molecule is COc1cccc2c1CCN(C1CCCC1)C2. The number of hydrogen-bond acceptors (Lipinski definition) is 2. The molecule has 17 heavy (non-hydrogen) atoms. The summed E-state index contributed by atoms with van der Waals surface area (Å²) < 4.78 is 5.45. The van der Waals surface area contributed by atoms with E-state index < -0.39 is 0 Å². The van der Waals surface area contributed by atoms with Crippen molar-refractivity contribution in [1.82, 2.24) is 4.90 Å². The monoisotopic (exact) mass is 231 g/mol. The molecule has 0 aromatic heterocycles. The van der Waals surface area contributed by atoms with Crippen molar-refractivity contribution in [3.8, 4) is 5.75 Å². The molecule has 1 aromatic rings. The van der Waals surface area contributed by atoms with Gasteiger partial charge in [-0.05, 0) is 36.5 Å². The van der Waals surface area contributed by atoms with Crippen LogP contribution in [0.25, 0.3) is 0 Å². The molecule has 92 valence electrons. The lowest BCUT2D eigenvalue weighted by Crippen LogP contribution is -2.37. The molecule has 0 radical (unpaired) electrons. The summed E-state index contributed by atoms with van der Waals surface area (Å²) in [6, 6.07) is 7.31. The molecular formula is C15H21NO. The molecule has 2 heteroatoms. The lowest BCUT2D eigenvalue weighted by molar-refractivity contribution is 0.179. The van der Waals surface area contributed by atoms with E-state index in [1.54, 1.807) is 7.11 Å². The van der Waals surface area contributed by atoms with Crippen LogP contribution in [0.15, 0.2) is 18.2 Å². The highest BCUT2D eigenvalue weighted by atomic mass is 16.5. The summed E-state index contributed by atoms with van der Waals surface area (Å²) in [5, 5.41) is 0. The molecule has 2 aliphatic rings. The van der Waals surface area contributed by atoms with E-state index in [2.05, 4.69) is 23.1 Å². The zero-order valence-corrected chi connectivity index (χ0v) is 10.6. The van der Waals surface area contributed by atoms with Crippen molar-refractivity contribution >= 4 is 0 Å². The normalized spacial score (nSPS) is 21.5. The van der Waals surface area contributed by atoms with E-state index in [0.29, 0.717) is 0 Å². The fraction of sp³-hybridized carbons (Fsp3) is 0.600. The van der Waals surface area contributed by atoms with Crippen LogP contribution < -0.4 is 4.74 Å². The molecule has 0 N–H and O–H groups in total. The summed E-state index contributed by atoms with van der Waals surface area (Å²) in [7, 11) is 1.78. The lowest BCUT2D eigenvalue weighted by atomic mass is 9.97. The van der Waals surface area contributed by atoms with Crippen molar-refractivity contribution in [1.29, 1.82) is 0 Å². The molecule has 0 unspecified atom stereocenters. The average molecular weight is 231 g/mol. The highest BCUT2D eigenvalue weighted by Crippen LogP contribution is 2.32. The zero-order valence-electron chi connectivity index (χ0n) is 10.6. The number of fused-ring (bicyclic) bond motifs is 1. The molecule has 0 bridgehead atoms. The van der Waals surface area contributed by atoms with Crippen molar-refractivity contribution in [2.45, 2.75) is 44.7 Å². The molecule has 0 atom stereocenters. The van der Waals surface area contributed by atoms with Crippen molar-refractivity contribution in [2.75, 3.05) is 13.7 Å². The maximum atomic E-state index is 5.45. The van der Waals surface area contributed by atoms with E-state index in [0.717, 1.165) is 24.8 Å². The highest BCUT2D eigenvalue weighted by Gasteiger charge is 2.26. The smallest absolute Gasteiger partial charge is 0.122 e. The van der Waals surface area contributed by atoms with Gasteiger partial charge in [-0.15, -0.1) is 0 Å². The standard InChI is InChI=1S/C15H21NO/c1-17-15-8-4-5-12-11-16(10-9-14(12)15)13-6-2-3-7-13/h4-5,8,13H,2-3,6-7,9-11H2,1H3. The van der Waals surface area contributed by atoms with Crippen LogP contribution in [0.2, 0.25) is 0 Å². The Labute approximate surface area is 104 Å². The molecule has 1 heterocycles. The number of rotatable bonds is 2. The minimum Gasteiger partial charge on any atom is -0.496 e. The van der Waals surface area contributed by atoms with E-state index in [1.807, 2.05) is 0 Å². The van der Waals surface area contributed by atoms with Gasteiger partial charge in [0.05, 0.1) is 7.11 Å². The van der Waals surface area contributed by atoms with Gasteiger partial charge in [-0.3, -0.25) is 4.90 Å². The number of methoxy groups -OCH3 is 1. The Kier molecular flexibility index (Phi) is 3.06. The minimum absolute atomic E-state index is 0.842. The average Bonchev–Trinajstić information content (AvgIpc) is 2.91. The summed E-state index contributed by atoms with van der Waals surface area (Å²) in [6.45, 7) is 2.33. The fourth-order valence-corrected chi connectivity index (χ4v) is 3.37. The second-order valence-corrected chi connectivity index (χ2v) is 5.26. The Bertz CT molecular complexity index is 396. The Morgan fingerprint density at radius 3 is 2.82 bits per heavy atom. The van der Waals surface area contributed by atoms with Gasteiger partial charge in [0, 0.05) is 19.1 Å². The first kappa shape index (κ1) is 11.1. The number of benzene rings is 1. The molecule has 0 spiro atoms. The Balaban J connectivity index is 1.80. The quantitative estimate of drug-likeness (QED) is 0.776. The van der Waals surface area contributed by atoms with Crippen LogP contribution >= 0.6 is 0 Å². The van der Waals surface area contributed by atoms with Crippen LogP contribution in [0.3, 0.4) is 0 Å². The molecule has 1 aliphatic heterocycles. The van der Waals surface area contributed by atoms with E-state index in [9.17, 15) is 0 Å². The third-order valence-electron chi connectivity index (χ3n) is 4.31. The van der Waals surface area contributed by atoms with Crippen molar-refractivity contribution in [2.24, 2.45) is 0 Å². The van der Waals surface area contributed by atoms with Gasteiger partial charge < -0.3 is 4.74 Å². The topological polar surface area (TPSA) is 12.5 Å². The van der Waals surface area contributed by atoms with Gasteiger partial charge in [0.2, 0.25) is 0 Å². The van der Waals surface area contributed by atoms with Crippen LogP contribution in [-0.2, 0) is 13.0 Å². The van der Waals surface area contributed by atoms with Gasteiger partial charge in [-0.2, -0.15) is 0 Å².